The summed E-state index contributed by atoms with van der Waals surface area (Å²) in [7, 11) is 0. The summed E-state index contributed by atoms with van der Waals surface area (Å²) < 4.78 is 1.59. The number of hydrogen-bond acceptors (Lipinski definition) is 3. The SMILES string of the molecule is CCn1nc(C(=O)Nc2cccc(C)c2)cc1N. The second kappa shape index (κ2) is 4.91. The predicted octanol–water partition coefficient (Wildman–Crippen LogP) is 2.05. The highest BCUT2D eigenvalue weighted by Gasteiger charge is 2.12. The van der Waals surface area contributed by atoms with E-state index < -0.39 is 0 Å². The van der Waals surface area contributed by atoms with Gasteiger partial charge in [0, 0.05) is 18.3 Å². The van der Waals surface area contributed by atoms with E-state index in [1.807, 2.05) is 38.1 Å². The van der Waals surface area contributed by atoms with Crippen LogP contribution in [0, 0.1) is 6.92 Å². The lowest BCUT2D eigenvalue weighted by atomic mass is 10.2. The molecule has 0 bridgehead atoms. The van der Waals surface area contributed by atoms with Gasteiger partial charge in [0.1, 0.15) is 5.82 Å². The molecule has 0 unspecified atom stereocenters. The normalized spacial score (nSPS) is 10.3. The molecule has 3 N–H and O–H groups in total. The van der Waals surface area contributed by atoms with E-state index in [1.165, 1.54) is 0 Å². The molecule has 0 aliphatic carbocycles. The third-order valence-electron chi connectivity index (χ3n) is 2.62. The van der Waals surface area contributed by atoms with Crippen LogP contribution in [0.2, 0.25) is 0 Å². The first-order valence-corrected chi connectivity index (χ1v) is 5.81. The van der Waals surface area contributed by atoms with Crippen molar-refractivity contribution in [3.63, 3.8) is 0 Å². The molecule has 0 spiro atoms. The Kier molecular flexibility index (Phi) is 3.32. The number of rotatable bonds is 3. The molecule has 18 heavy (non-hydrogen) atoms. The van der Waals surface area contributed by atoms with E-state index in [0.29, 0.717) is 18.1 Å². The zero-order valence-corrected chi connectivity index (χ0v) is 10.5. The predicted molar refractivity (Wildman–Crippen MR) is 71.4 cm³/mol. The summed E-state index contributed by atoms with van der Waals surface area (Å²) in [6, 6.07) is 9.18. The quantitative estimate of drug-likeness (QED) is 0.867. The van der Waals surface area contributed by atoms with Gasteiger partial charge in [-0.25, -0.2) is 4.68 Å². The second-order valence-electron chi connectivity index (χ2n) is 4.09. The van der Waals surface area contributed by atoms with E-state index >= 15 is 0 Å². The highest BCUT2D eigenvalue weighted by Crippen LogP contribution is 2.12. The van der Waals surface area contributed by atoms with Crippen molar-refractivity contribution < 1.29 is 4.79 Å². The number of carbonyl (C=O) groups is 1. The van der Waals surface area contributed by atoms with Gasteiger partial charge in [0.05, 0.1) is 0 Å². The van der Waals surface area contributed by atoms with Crippen LogP contribution in [0.25, 0.3) is 0 Å². The highest BCUT2D eigenvalue weighted by molar-refractivity contribution is 6.03. The van der Waals surface area contributed by atoms with Gasteiger partial charge in [0.25, 0.3) is 5.91 Å². The average Bonchev–Trinajstić information content (AvgIpc) is 2.70. The van der Waals surface area contributed by atoms with Crippen LogP contribution >= 0.6 is 0 Å². The highest BCUT2D eigenvalue weighted by atomic mass is 16.1. The number of amides is 1. The summed E-state index contributed by atoms with van der Waals surface area (Å²) in [5.74, 6) is 0.242. The number of aryl methyl sites for hydroxylation is 2. The Morgan fingerprint density at radius 3 is 2.83 bits per heavy atom. The van der Waals surface area contributed by atoms with Gasteiger partial charge in [-0.1, -0.05) is 12.1 Å². The Morgan fingerprint density at radius 1 is 1.44 bits per heavy atom. The van der Waals surface area contributed by atoms with E-state index in [9.17, 15) is 4.79 Å². The Labute approximate surface area is 106 Å². The van der Waals surface area contributed by atoms with E-state index in [1.54, 1.807) is 10.7 Å². The van der Waals surface area contributed by atoms with Gasteiger partial charge in [-0.3, -0.25) is 4.79 Å². The lowest BCUT2D eigenvalue weighted by Gasteiger charge is -2.03. The third-order valence-corrected chi connectivity index (χ3v) is 2.62. The molecular weight excluding hydrogens is 228 g/mol. The molecule has 1 amide bonds. The first-order chi connectivity index (χ1) is 8.60. The zero-order chi connectivity index (χ0) is 13.1. The van der Waals surface area contributed by atoms with Crippen molar-refractivity contribution in [1.29, 1.82) is 0 Å². The lowest BCUT2D eigenvalue weighted by molar-refractivity contribution is 0.102. The van der Waals surface area contributed by atoms with Crippen molar-refractivity contribution in [3.8, 4) is 0 Å². The minimum absolute atomic E-state index is 0.250. The third kappa shape index (κ3) is 2.51. The maximum atomic E-state index is 12.0. The molecule has 1 aromatic heterocycles. The van der Waals surface area contributed by atoms with Crippen LogP contribution in [0.1, 0.15) is 23.0 Å². The second-order valence-corrected chi connectivity index (χ2v) is 4.09. The van der Waals surface area contributed by atoms with Crippen LogP contribution in [0.15, 0.2) is 30.3 Å². The number of nitrogen functional groups attached to an aromatic ring is 1. The molecule has 1 aromatic carbocycles. The number of benzene rings is 1. The Balaban J connectivity index is 2.16. The summed E-state index contributed by atoms with van der Waals surface area (Å²) in [5, 5.41) is 6.92. The van der Waals surface area contributed by atoms with Crippen molar-refractivity contribution in [2.24, 2.45) is 0 Å². The Hall–Kier alpha value is -2.30. The largest absolute Gasteiger partial charge is 0.384 e. The number of carbonyl (C=O) groups excluding carboxylic acids is 1. The van der Waals surface area contributed by atoms with Crippen molar-refractivity contribution in [3.05, 3.63) is 41.6 Å². The molecule has 1 heterocycles. The molecule has 0 aliphatic rings. The smallest absolute Gasteiger partial charge is 0.276 e. The molecule has 2 aromatic rings. The van der Waals surface area contributed by atoms with Gasteiger partial charge >= 0.3 is 0 Å². The number of nitrogens with two attached hydrogens (primary N) is 1. The first kappa shape index (κ1) is 12.2. The number of hydrogen-bond donors (Lipinski definition) is 2. The van der Waals surface area contributed by atoms with Gasteiger partial charge < -0.3 is 11.1 Å². The van der Waals surface area contributed by atoms with Gasteiger partial charge in [0.2, 0.25) is 0 Å². The molecule has 94 valence electrons. The summed E-state index contributed by atoms with van der Waals surface area (Å²) >= 11 is 0. The minimum Gasteiger partial charge on any atom is -0.384 e. The monoisotopic (exact) mass is 244 g/mol. The van der Waals surface area contributed by atoms with Gasteiger partial charge in [-0.05, 0) is 31.5 Å². The summed E-state index contributed by atoms with van der Waals surface area (Å²) in [6.07, 6.45) is 0. The van der Waals surface area contributed by atoms with Crippen LogP contribution in [-0.2, 0) is 6.54 Å². The number of nitrogens with one attached hydrogen (secondary N) is 1. The molecule has 5 heteroatoms. The number of nitrogens with zero attached hydrogens (tertiary/aromatic N) is 2. The fraction of sp³-hybridized carbons (Fsp3) is 0.231. The fourth-order valence-electron chi connectivity index (χ4n) is 1.71. The van der Waals surface area contributed by atoms with E-state index in [0.717, 1.165) is 11.3 Å². The van der Waals surface area contributed by atoms with Crippen LogP contribution in [0.5, 0.6) is 0 Å². The molecule has 0 saturated carbocycles. The van der Waals surface area contributed by atoms with Crippen molar-refractivity contribution >= 4 is 17.4 Å². The van der Waals surface area contributed by atoms with Crippen LogP contribution in [0.4, 0.5) is 11.5 Å². The van der Waals surface area contributed by atoms with Crippen molar-refractivity contribution in [2.45, 2.75) is 20.4 Å². The van der Waals surface area contributed by atoms with Gasteiger partial charge in [-0.15, -0.1) is 0 Å². The Morgan fingerprint density at radius 2 is 2.22 bits per heavy atom. The molecule has 2 rings (SSSR count). The van der Waals surface area contributed by atoms with Crippen molar-refractivity contribution in [2.75, 3.05) is 11.1 Å². The van der Waals surface area contributed by atoms with Crippen LogP contribution in [-0.4, -0.2) is 15.7 Å². The Bertz CT molecular complexity index is 574. The molecule has 0 aliphatic heterocycles. The molecule has 5 nitrogen and oxygen atoms in total. The summed E-state index contributed by atoms with van der Waals surface area (Å²) in [4.78, 5) is 12.0. The number of aromatic nitrogens is 2. The van der Waals surface area contributed by atoms with Crippen molar-refractivity contribution in [1.82, 2.24) is 9.78 Å². The molecule has 0 atom stereocenters. The first-order valence-electron chi connectivity index (χ1n) is 5.81. The lowest BCUT2D eigenvalue weighted by Crippen LogP contribution is -2.13. The van der Waals surface area contributed by atoms with Crippen LogP contribution in [0.3, 0.4) is 0 Å². The molecule has 0 radical (unpaired) electrons. The summed E-state index contributed by atoms with van der Waals surface area (Å²) in [5.41, 5.74) is 7.90. The molecular formula is C13H16N4O. The standard InChI is InChI=1S/C13H16N4O/c1-3-17-12(14)8-11(16-17)13(18)15-10-6-4-5-9(2)7-10/h4-8H,3,14H2,1-2H3,(H,15,18). The van der Waals surface area contributed by atoms with Crippen LogP contribution < -0.4 is 11.1 Å². The summed E-state index contributed by atoms with van der Waals surface area (Å²) in [6.45, 7) is 4.54. The van der Waals surface area contributed by atoms with E-state index in [2.05, 4.69) is 10.4 Å². The molecule has 0 saturated heterocycles. The topological polar surface area (TPSA) is 72.9 Å². The minimum atomic E-state index is -0.250. The molecule has 0 fully saturated rings. The van der Waals surface area contributed by atoms with Gasteiger partial charge in [0.15, 0.2) is 5.69 Å². The fourth-order valence-corrected chi connectivity index (χ4v) is 1.71. The average molecular weight is 244 g/mol. The maximum absolute atomic E-state index is 12.0. The van der Waals surface area contributed by atoms with Gasteiger partial charge in [-0.2, -0.15) is 5.10 Å². The van der Waals surface area contributed by atoms with E-state index in [4.69, 9.17) is 5.73 Å². The van der Waals surface area contributed by atoms with E-state index in [-0.39, 0.29) is 5.91 Å². The maximum Gasteiger partial charge on any atom is 0.276 e. The number of anilines is 2. The zero-order valence-electron chi connectivity index (χ0n) is 10.5.